The van der Waals surface area contributed by atoms with Crippen LogP contribution in [-0.4, -0.2) is 63.4 Å². The van der Waals surface area contributed by atoms with Crippen molar-refractivity contribution in [2.24, 2.45) is 4.99 Å². The summed E-state index contributed by atoms with van der Waals surface area (Å²) in [5, 5.41) is 6.74. The number of aryl methyl sites for hydroxylation is 1. The summed E-state index contributed by atoms with van der Waals surface area (Å²) < 4.78 is 11.5. The van der Waals surface area contributed by atoms with E-state index in [9.17, 15) is 0 Å². The molecule has 0 aromatic heterocycles. The van der Waals surface area contributed by atoms with E-state index < -0.39 is 0 Å². The van der Waals surface area contributed by atoms with Crippen molar-refractivity contribution in [3.05, 3.63) is 29.3 Å². The minimum Gasteiger partial charge on any atom is -0.496 e. The largest absolute Gasteiger partial charge is 0.496 e. The van der Waals surface area contributed by atoms with E-state index >= 15 is 0 Å². The molecule has 0 bridgehead atoms. The van der Waals surface area contributed by atoms with Gasteiger partial charge in [0.1, 0.15) is 5.75 Å². The van der Waals surface area contributed by atoms with Crippen LogP contribution in [0.2, 0.25) is 0 Å². The maximum atomic E-state index is 5.99. The fourth-order valence-corrected chi connectivity index (χ4v) is 3.62. The number of guanidine groups is 1. The third-order valence-electron chi connectivity index (χ3n) is 5.07. The normalized spacial score (nSPS) is 24.0. The van der Waals surface area contributed by atoms with Crippen LogP contribution < -0.4 is 15.4 Å². The summed E-state index contributed by atoms with van der Waals surface area (Å²) in [4.78, 5) is 6.87. The van der Waals surface area contributed by atoms with Gasteiger partial charge in [0.25, 0.3) is 0 Å². The fourth-order valence-electron chi connectivity index (χ4n) is 3.62. The van der Waals surface area contributed by atoms with Gasteiger partial charge < -0.3 is 20.1 Å². The zero-order valence-electron chi connectivity index (χ0n) is 15.5. The number of methoxy groups -OCH3 is 1. The maximum absolute atomic E-state index is 5.99. The first kappa shape index (κ1) is 18.0. The Labute approximate surface area is 150 Å². The summed E-state index contributed by atoms with van der Waals surface area (Å²) in [6, 6.07) is 6.88. The molecule has 3 rings (SSSR count). The molecule has 2 saturated heterocycles. The predicted molar refractivity (Wildman–Crippen MR) is 100 cm³/mol. The van der Waals surface area contributed by atoms with Crippen molar-refractivity contribution in [3.8, 4) is 5.75 Å². The molecule has 2 atom stereocenters. The Morgan fingerprint density at radius 2 is 2.28 bits per heavy atom. The van der Waals surface area contributed by atoms with Gasteiger partial charge in [-0.05, 0) is 37.9 Å². The van der Waals surface area contributed by atoms with Gasteiger partial charge in [-0.1, -0.05) is 12.1 Å². The molecule has 6 heteroatoms. The summed E-state index contributed by atoms with van der Waals surface area (Å²) in [7, 11) is 3.50. The number of rotatable bonds is 5. The monoisotopic (exact) mass is 346 g/mol. The number of aliphatic imine (C=N–C) groups is 1. The zero-order chi connectivity index (χ0) is 17.6. The highest BCUT2D eigenvalue weighted by molar-refractivity contribution is 5.79. The molecule has 2 fully saturated rings. The van der Waals surface area contributed by atoms with Gasteiger partial charge in [0.2, 0.25) is 0 Å². The number of benzene rings is 1. The number of nitrogens with one attached hydrogen (secondary N) is 2. The van der Waals surface area contributed by atoms with Crippen LogP contribution >= 0.6 is 0 Å². The van der Waals surface area contributed by atoms with Crippen LogP contribution in [0.5, 0.6) is 5.75 Å². The topological polar surface area (TPSA) is 58.1 Å². The Morgan fingerprint density at radius 1 is 1.40 bits per heavy atom. The zero-order valence-corrected chi connectivity index (χ0v) is 15.5. The SMILES string of the molecule is CN=C(NCc1ccc(C)cc1OC)NCC1CN2CCCC2CO1. The number of hydrogen-bond acceptors (Lipinski definition) is 4. The first-order valence-electron chi connectivity index (χ1n) is 9.13. The van der Waals surface area contributed by atoms with Gasteiger partial charge in [-0.3, -0.25) is 9.89 Å². The van der Waals surface area contributed by atoms with Crippen molar-refractivity contribution >= 4 is 5.96 Å². The molecule has 2 aliphatic heterocycles. The molecule has 0 radical (unpaired) electrons. The van der Waals surface area contributed by atoms with Gasteiger partial charge in [-0.2, -0.15) is 0 Å². The molecule has 2 aliphatic rings. The van der Waals surface area contributed by atoms with E-state index in [0.717, 1.165) is 37.0 Å². The summed E-state index contributed by atoms with van der Waals surface area (Å²) in [6.45, 7) is 6.59. The maximum Gasteiger partial charge on any atom is 0.191 e. The number of ether oxygens (including phenoxy) is 2. The minimum atomic E-state index is 0.224. The number of nitrogens with zero attached hydrogens (tertiary/aromatic N) is 2. The molecule has 2 heterocycles. The molecule has 2 unspecified atom stereocenters. The van der Waals surface area contributed by atoms with Gasteiger partial charge in [0, 0.05) is 38.3 Å². The number of fused-ring (bicyclic) bond motifs is 1. The van der Waals surface area contributed by atoms with E-state index in [0.29, 0.717) is 12.6 Å². The van der Waals surface area contributed by atoms with E-state index in [1.807, 2.05) is 0 Å². The van der Waals surface area contributed by atoms with E-state index in [1.54, 1.807) is 14.2 Å². The highest BCUT2D eigenvalue weighted by atomic mass is 16.5. The van der Waals surface area contributed by atoms with E-state index in [1.165, 1.54) is 24.9 Å². The molecule has 1 aromatic carbocycles. The summed E-state index contributed by atoms with van der Waals surface area (Å²) in [5.41, 5.74) is 2.31. The summed E-state index contributed by atoms with van der Waals surface area (Å²) in [5.74, 6) is 1.69. The molecular weight excluding hydrogens is 316 g/mol. The van der Waals surface area contributed by atoms with Crippen molar-refractivity contribution < 1.29 is 9.47 Å². The summed E-state index contributed by atoms with van der Waals surface area (Å²) >= 11 is 0. The van der Waals surface area contributed by atoms with Crippen LogP contribution in [0, 0.1) is 6.92 Å². The van der Waals surface area contributed by atoms with Crippen molar-refractivity contribution in [3.63, 3.8) is 0 Å². The van der Waals surface area contributed by atoms with Gasteiger partial charge >= 0.3 is 0 Å². The van der Waals surface area contributed by atoms with Gasteiger partial charge in [0.05, 0.1) is 19.8 Å². The molecule has 0 amide bonds. The average Bonchev–Trinajstić information content (AvgIpc) is 3.10. The first-order valence-corrected chi connectivity index (χ1v) is 9.13. The van der Waals surface area contributed by atoms with Gasteiger partial charge in [-0.25, -0.2) is 0 Å². The van der Waals surface area contributed by atoms with Crippen molar-refractivity contribution in [1.82, 2.24) is 15.5 Å². The highest BCUT2D eigenvalue weighted by Crippen LogP contribution is 2.22. The Hall–Kier alpha value is -1.79. The van der Waals surface area contributed by atoms with E-state index in [-0.39, 0.29) is 6.10 Å². The van der Waals surface area contributed by atoms with Crippen LogP contribution in [0.25, 0.3) is 0 Å². The van der Waals surface area contributed by atoms with Gasteiger partial charge in [0.15, 0.2) is 5.96 Å². The Morgan fingerprint density at radius 3 is 3.08 bits per heavy atom. The number of hydrogen-bond donors (Lipinski definition) is 2. The van der Waals surface area contributed by atoms with Crippen molar-refractivity contribution in [2.45, 2.75) is 38.5 Å². The Kier molecular flexibility index (Phi) is 6.15. The third-order valence-corrected chi connectivity index (χ3v) is 5.07. The quantitative estimate of drug-likeness (QED) is 0.626. The second-order valence-corrected chi connectivity index (χ2v) is 6.87. The second kappa shape index (κ2) is 8.54. The Balaban J connectivity index is 1.47. The molecule has 138 valence electrons. The fraction of sp³-hybridized carbons (Fsp3) is 0.632. The molecule has 2 N–H and O–H groups in total. The van der Waals surface area contributed by atoms with Crippen LogP contribution in [0.3, 0.4) is 0 Å². The molecule has 6 nitrogen and oxygen atoms in total. The van der Waals surface area contributed by atoms with Crippen LogP contribution in [0.4, 0.5) is 0 Å². The molecule has 0 aliphatic carbocycles. The standard InChI is InChI=1S/C19H30N4O2/c1-14-6-7-15(18(9-14)24-3)10-21-19(20-2)22-11-17-12-23-8-4-5-16(23)13-25-17/h6-7,9,16-17H,4-5,8,10-13H2,1-3H3,(H2,20,21,22). The lowest BCUT2D eigenvalue weighted by atomic mass is 10.1. The smallest absolute Gasteiger partial charge is 0.191 e. The molecule has 0 spiro atoms. The molecule has 25 heavy (non-hydrogen) atoms. The first-order chi connectivity index (χ1) is 12.2. The van der Waals surface area contributed by atoms with Gasteiger partial charge in [-0.15, -0.1) is 0 Å². The molecule has 1 aromatic rings. The second-order valence-electron chi connectivity index (χ2n) is 6.87. The number of morpholine rings is 1. The lowest BCUT2D eigenvalue weighted by Crippen LogP contribution is -2.51. The minimum absolute atomic E-state index is 0.224. The molecule has 0 saturated carbocycles. The van der Waals surface area contributed by atoms with E-state index in [4.69, 9.17) is 9.47 Å². The lowest BCUT2D eigenvalue weighted by molar-refractivity contribution is -0.0453. The van der Waals surface area contributed by atoms with E-state index in [2.05, 4.69) is 45.6 Å². The lowest BCUT2D eigenvalue weighted by Gasteiger charge is -2.35. The Bertz CT molecular complexity index is 605. The molecular formula is C19H30N4O2. The average molecular weight is 346 g/mol. The van der Waals surface area contributed by atoms with Crippen LogP contribution in [-0.2, 0) is 11.3 Å². The highest BCUT2D eigenvalue weighted by Gasteiger charge is 2.32. The van der Waals surface area contributed by atoms with Crippen LogP contribution in [0.15, 0.2) is 23.2 Å². The van der Waals surface area contributed by atoms with Crippen molar-refractivity contribution in [1.29, 1.82) is 0 Å². The summed E-state index contributed by atoms with van der Waals surface area (Å²) in [6.07, 6.45) is 2.80. The third kappa shape index (κ3) is 4.64. The predicted octanol–water partition coefficient (Wildman–Crippen LogP) is 1.53. The van der Waals surface area contributed by atoms with Crippen molar-refractivity contribution in [2.75, 3.05) is 40.4 Å². The van der Waals surface area contributed by atoms with Crippen LogP contribution in [0.1, 0.15) is 24.0 Å².